The Morgan fingerprint density at radius 2 is 2.00 bits per heavy atom. The molecule has 106 valence electrons. The first-order valence-electron chi connectivity index (χ1n) is 6.57. The molecular weight excluding hydrogens is 254 g/mol. The molecule has 1 aromatic carbocycles. The minimum atomic E-state index is -0.547. The van der Waals surface area contributed by atoms with Crippen LogP contribution in [0, 0.1) is 13.8 Å². The number of amides is 2. The first kappa shape index (κ1) is 14.1. The van der Waals surface area contributed by atoms with Gasteiger partial charge in [0.05, 0.1) is 17.8 Å². The van der Waals surface area contributed by atoms with Gasteiger partial charge in [0.25, 0.3) is 0 Å². The number of anilines is 2. The van der Waals surface area contributed by atoms with E-state index in [2.05, 4.69) is 22.5 Å². The molecule has 5 nitrogen and oxygen atoms in total. The lowest BCUT2D eigenvalue weighted by atomic mass is 10.0. The molecule has 20 heavy (non-hydrogen) atoms. The second-order valence-electron chi connectivity index (χ2n) is 4.97. The molecule has 0 fully saturated rings. The van der Waals surface area contributed by atoms with E-state index in [0.29, 0.717) is 6.54 Å². The van der Waals surface area contributed by atoms with Gasteiger partial charge in [0, 0.05) is 6.54 Å². The molecule has 0 bridgehead atoms. The molecular formula is C15H19N3O2. The fourth-order valence-electron chi connectivity index (χ4n) is 2.10. The second-order valence-corrected chi connectivity index (χ2v) is 4.97. The highest BCUT2D eigenvalue weighted by atomic mass is 16.2. The van der Waals surface area contributed by atoms with Crippen LogP contribution in [0.1, 0.15) is 17.5 Å². The molecule has 3 N–H and O–H groups in total. The third kappa shape index (κ3) is 2.99. The highest BCUT2D eigenvalue weighted by Gasteiger charge is 2.27. The van der Waals surface area contributed by atoms with Crippen molar-refractivity contribution in [2.75, 3.05) is 17.2 Å². The van der Waals surface area contributed by atoms with Gasteiger partial charge in [-0.1, -0.05) is 6.08 Å². The smallest absolute Gasteiger partial charge is 0.247 e. The Labute approximate surface area is 118 Å². The van der Waals surface area contributed by atoms with Crippen molar-refractivity contribution in [3.05, 3.63) is 35.9 Å². The number of nitrogens with one attached hydrogen (secondary N) is 3. The normalized spacial score (nSPS) is 16.7. The van der Waals surface area contributed by atoms with Crippen molar-refractivity contribution >= 4 is 23.2 Å². The monoisotopic (exact) mass is 273 g/mol. The van der Waals surface area contributed by atoms with Crippen LogP contribution in [-0.4, -0.2) is 24.4 Å². The van der Waals surface area contributed by atoms with Gasteiger partial charge in [-0.3, -0.25) is 9.59 Å². The molecule has 2 rings (SSSR count). The van der Waals surface area contributed by atoms with Gasteiger partial charge in [-0.15, -0.1) is 6.58 Å². The molecule has 1 aliphatic rings. The lowest BCUT2D eigenvalue weighted by molar-refractivity contribution is -0.124. The van der Waals surface area contributed by atoms with Crippen LogP contribution in [-0.2, 0) is 9.59 Å². The quantitative estimate of drug-likeness (QED) is 0.732. The van der Waals surface area contributed by atoms with Crippen LogP contribution in [0.4, 0.5) is 11.4 Å². The summed E-state index contributed by atoms with van der Waals surface area (Å²) >= 11 is 0. The third-order valence-corrected chi connectivity index (χ3v) is 3.37. The molecule has 5 heteroatoms. The Hall–Kier alpha value is -2.30. The zero-order valence-electron chi connectivity index (χ0n) is 11.7. The summed E-state index contributed by atoms with van der Waals surface area (Å²) in [6, 6.07) is 3.37. The highest BCUT2D eigenvalue weighted by molar-refractivity contribution is 6.05. The number of hydrogen-bond donors (Lipinski definition) is 3. The van der Waals surface area contributed by atoms with Crippen LogP contribution in [0.5, 0.6) is 0 Å². The van der Waals surface area contributed by atoms with Gasteiger partial charge in [-0.05, 0) is 37.1 Å². The van der Waals surface area contributed by atoms with Crippen molar-refractivity contribution in [3.8, 4) is 0 Å². The SMILES string of the molecule is C=CCNC(=O)C[C@H]1Nc2cc(C)c(C)cc2NC1=O. The molecule has 1 heterocycles. The summed E-state index contributed by atoms with van der Waals surface area (Å²) in [6.07, 6.45) is 1.71. The van der Waals surface area contributed by atoms with E-state index < -0.39 is 6.04 Å². The maximum atomic E-state index is 12.0. The van der Waals surface area contributed by atoms with Crippen LogP contribution in [0.2, 0.25) is 0 Å². The van der Waals surface area contributed by atoms with E-state index in [-0.39, 0.29) is 18.2 Å². The summed E-state index contributed by atoms with van der Waals surface area (Å²) in [5, 5.41) is 8.63. The minimum absolute atomic E-state index is 0.103. The summed E-state index contributed by atoms with van der Waals surface area (Å²) in [4.78, 5) is 23.7. The molecule has 0 aliphatic carbocycles. The molecule has 0 radical (unpaired) electrons. The fraction of sp³-hybridized carbons (Fsp3) is 0.333. The molecule has 2 amide bonds. The van der Waals surface area contributed by atoms with Gasteiger partial charge in [0.2, 0.25) is 11.8 Å². The van der Waals surface area contributed by atoms with Crippen molar-refractivity contribution in [2.45, 2.75) is 26.3 Å². The van der Waals surface area contributed by atoms with E-state index in [1.807, 2.05) is 26.0 Å². The molecule has 0 unspecified atom stereocenters. The Balaban J connectivity index is 2.11. The maximum Gasteiger partial charge on any atom is 0.247 e. The summed E-state index contributed by atoms with van der Waals surface area (Å²) in [7, 11) is 0. The summed E-state index contributed by atoms with van der Waals surface area (Å²) in [5.41, 5.74) is 3.88. The topological polar surface area (TPSA) is 70.2 Å². The standard InChI is InChI=1S/C15H19N3O2/c1-4-5-16-14(19)8-13-15(20)18-12-7-10(3)9(2)6-11(12)17-13/h4,6-7,13,17H,1,5,8H2,2-3H3,(H,16,19)(H,18,20)/t13-/m1/s1. The van der Waals surface area contributed by atoms with E-state index in [0.717, 1.165) is 22.5 Å². The number of hydrogen-bond acceptors (Lipinski definition) is 3. The van der Waals surface area contributed by atoms with Crippen molar-refractivity contribution in [3.63, 3.8) is 0 Å². The second kappa shape index (κ2) is 5.77. The van der Waals surface area contributed by atoms with Crippen LogP contribution in [0.3, 0.4) is 0 Å². The van der Waals surface area contributed by atoms with Gasteiger partial charge < -0.3 is 16.0 Å². The molecule has 1 atom stereocenters. The first-order chi connectivity index (χ1) is 9.51. The van der Waals surface area contributed by atoms with Crippen molar-refractivity contribution in [1.29, 1.82) is 0 Å². The lowest BCUT2D eigenvalue weighted by Crippen LogP contribution is -2.42. The number of rotatable bonds is 4. The largest absolute Gasteiger partial charge is 0.372 e. The Morgan fingerprint density at radius 3 is 2.65 bits per heavy atom. The number of carbonyl (C=O) groups excluding carboxylic acids is 2. The van der Waals surface area contributed by atoms with Crippen LogP contribution < -0.4 is 16.0 Å². The van der Waals surface area contributed by atoms with Crippen LogP contribution >= 0.6 is 0 Å². The van der Waals surface area contributed by atoms with Gasteiger partial charge >= 0.3 is 0 Å². The predicted molar refractivity (Wildman–Crippen MR) is 79.8 cm³/mol. The van der Waals surface area contributed by atoms with Gasteiger partial charge in [0.15, 0.2) is 0 Å². The molecule has 0 aromatic heterocycles. The summed E-state index contributed by atoms with van der Waals surface area (Å²) in [6.45, 7) is 7.95. The summed E-state index contributed by atoms with van der Waals surface area (Å²) < 4.78 is 0. The average molecular weight is 273 g/mol. The van der Waals surface area contributed by atoms with Crippen LogP contribution in [0.25, 0.3) is 0 Å². The number of fused-ring (bicyclic) bond motifs is 1. The fourth-order valence-corrected chi connectivity index (χ4v) is 2.10. The van der Waals surface area contributed by atoms with E-state index in [4.69, 9.17) is 0 Å². The van der Waals surface area contributed by atoms with E-state index in [1.165, 1.54) is 0 Å². The molecule has 1 aliphatic heterocycles. The Bertz CT molecular complexity index is 566. The lowest BCUT2D eigenvalue weighted by Gasteiger charge is -2.27. The molecule has 0 spiro atoms. The third-order valence-electron chi connectivity index (χ3n) is 3.37. The highest BCUT2D eigenvalue weighted by Crippen LogP contribution is 2.30. The summed E-state index contributed by atoms with van der Waals surface area (Å²) in [5.74, 6) is -0.362. The predicted octanol–water partition coefficient (Wildman–Crippen LogP) is 1.73. The van der Waals surface area contributed by atoms with E-state index in [9.17, 15) is 9.59 Å². The van der Waals surface area contributed by atoms with Crippen molar-refractivity contribution in [1.82, 2.24) is 5.32 Å². The van der Waals surface area contributed by atoms with E-state index in [1.54, 1.807) is 6.08 Å². The molecule has 1 aromatic rings. The van der Waals surface area contributed by atoms with E-state index >= 15 is 0 Å². The van der Waals surface area contributed by atoms with Crippen molar-refractivity contribution < 1.29 is 9.59 Å². The zero-order chi connectivity index (χ0) is 14.7. The van der Waals surface area contributed by atoms with Crippen LogP contribution in [0.15, 0.2) is 24.8 Å². The first-order valence-corrected chi connectivity index (χ1v) is 6.57. The Morgan fingerprint density at radius 1 is 1.35 bits per heavy atom. The van der Waals surface area contributed by atoms with Crippen molar-refractivity contribution in [2.24, 2.45) is 0 Å². The van der Waals surface area contributed by atoms with Gasteiger partial charge in [-0.2, -0.15) is 0 Å². The number of aryl methyl sites for hydroxylation is 2. The zero-order valence-corrected chi connectivity index (χ0v) is 11.7. The molecule has 0 saturated heterocycles. The number of carbonyl (C=O) groups is 2. The number of benzene rings is 1. The van der Waals surface area contributed by atoms with Gasteiger partial charge in [0.1, 0.15) is 6.04 Å². The molecule has 0 saturated carbocycles. The minimum Gasteiger partial charge on any atom is -0.372 e. The Kier molecular flexibility index (Phi) is 4.08. The van der Waals surface area contributed by atoms with Gasteiger partial charge in [-0.25, -0.2) is 0 Å². The average Bonchev–Trinajstić information content (AvgIpc) is 2.40. The maximum absolute atomic E-state index is 12.0.